The Balaban J connectivity index is 1.36. The first kappa shape index (κ1) is 23.3. The average Bonchev–Trinajstić information content (AvgIpc) is 3.05. The summed E-state index contributed by atoms with van der Waals surface area (Å²) in [5.41, 5.74) is 1.11. The lowest BCUT2D eigenvalue weighted by atomic mass is 9.73. The molecular weight excluding hydrogens is 428 g/mol. The van der Waals surface area contributed by atoms with Crippen molar-refractivity contribution >= 4 is 21.9 Å². The molecule has 1 aromatic heterocycles. The SMILES string of the molecule is CC(C)OC(=O)N1CCC(C)(CN2CCC3(CC2)CN(S(C)(=O)=O)c2ncccc23)CC1. The Morgan fingerprint density at radius 3 is 2.41 bits per heavy atom. The zero-order chi connectivity index (χ0) is 23.1. The van der Waals surface area contributed by atoms with Crippen LogP contribution in [0.5, 0.6) is 0 Å². The van der Waals surface area contributed by atoms with Crippen LogP contribution >= 0.6 is 0 Å². The molecule has 0 unspecified atom stereocenters. The third-order valence-corrected chi connectivity index (χ3v) is 8.53. The minimum absolute atomic E-state index is 0.0916. The normalized spacial score (nSPS) is 22.9. The van der Waals surface area contributed by atoms with E-state index < -0.39 is 10.0 Å². The number of nitrogens with zero attached hydrogens (tertiary/aromatic N) is 4. The first-order chi connectivity index (χ1) is 15.0. The number of sulfonamides is 1. The molecule has 0 aromatic carbocycles. The quantitative estimate of drug-likeness (QED) is 0.681. The first-order valence-corrected chi connectivity index (χ1v) is 13.5. The number of hydrogen-bond donors (Lipinski definition) is 0. The maximum Gasteiger partial charge on any atom is 0.410 e. The van der Waals surface area contributed by atoms with Gasteiger partial charge in [-0.1, -0.05) is 13.0 Å². The molecule has 2 saturated heterocycles. The minimum atomic E-state index is -3.34. The van der Waals surface area contributed by atoms with Crippen LogP contribution < -0.4 is 4.31 Å². The Morgan fingerprint density at radius 1 is 1.16 bits per heavy atom. The molecule has 0 radical (unpaired) electrons. The molecule has 1 aromatic rings. The van der Waals surface area contributed by atoms with Crippen LogP contribution in [0.2, 0.25) is 0 Å². The number of ether oxygens (including phenoxy) is 1. The number of rotatable bonds is 4. The van der Waals surface area contributed by atoms with Crippen LogP contribution in [-0.4, -0.2) is 80.9 Å². The monoisotopic (exact) mass is 464 g/mol. The zero-order valence-corrected chi connectivity index (χ0v) is 20.5. The molecule has 0 saturated carbocycles. The standard InChI is InChI=1S/C23H36N4O4S/c1-18(2)31-21(28)26-14-7-22(3,8-15-26)16-25-12-9-23(10-13-25)17-27(32(4,29)30)20-19(23)6-5-11-24-20/h5-6,11,18H,7-10,12-17H2,1-4H3. The molecule has 4 heterocycles. The predicted octanol–water partition coefficient (Wildman–Crippen LogP) is 2.84. The maximum atomic E-state index is 12.4. The van der Waals surface area contributed by atoms with Crippen LogP contribution in [0.1, 0.15) is 52.0 Å². The van der Waals surface area contributed by atoms with Crippen molar-refractivity contribution in [3.8, 4) is 0 Å². The Bertz CT molecular complexity index is 948. The number of amides is 1. The van der Waals surface area contributed by atoms with Gasteiger partial charge in [0.05, 0.1) is 12.4 Å². The van der Waals surface area contributed by atoms with E-state index in [9.17, 15) is 13.2 Å². The highest BCUT2D eigenvalue weighted by Gasteiger charge is 2.48. The molecule has 0 N–H and O–H groups in total. The summed E-state index contributed by atoms with van der Waals surface area (Å²) >= 11 is 0. The number of aromatic nitrogens is 1. The van der Waals surface area contributed by atoms with Gasteiger partial charge in [-0.2, -0.15) is 0 Å². The van der Waals surface area contributed by atoms with Crippen LogP contribution in [0.25, 0.3) is 0 Å². The van der Waals surface area contributed by atoms with Gasteiger partial charge in [0.25, 0.3) is 0 Å². The molecule has 0 atom stereocenters. The molecule has 3 aliphatic rings. The van der Waals surface area contributed by atoms with E-state index in [4.69, 9.17) is 4.74 Å². The third-order valence-electron chi connectivity index (χ3n) is 7.42. The Kier molecular flexibility index (Phi) is 6.17. The number of anilines is 1. The predicted molar refractivity (Wildman–Crippen MR) is 124 cm³/mol. The topological polar surface area (TPSA) is 83.0 Å². The van der Waals surface area contributed by atoms with Crippen molar-refractivity contribution in [3.63, 3.8) is 0 Å². The summed E-state index contributed by atoms with van der Waals surface area (Å²) in [6, 6.07) is 3.97. The number of piperidine rings is 2. The van der Waals surface area contributed by atoms with Crippen LogP contribution in [0.15, 0.2) is 18.3 Å². The average molecular weight is 465 g/mol. The summed E-state index contributed by atoms with van der Waals surface area (Å²) in [6.45, 7) is 10.9. The van der Waals surface area contributed by atoms with Crippen molar-refractivity contribution in [1.82, 2.24) is 14.8 Å². The van der Waals surface area contributed by atoms with Gasteiger partial charge < -0.3 is 14.5 Å². The van der Waals surface area contributed by atoms with E-state index >= 15 is 0 Å². The lowest BCUT2D eigenvalue weighted by Crippen LogP contribution is -2.51. The highest BCUT2D eigenvalue weighted by Crippen LogP contribution is 2.47. The number of fused-ring (bicyclic) bond motifs is 2. The van der Waals surface area contributed by atoms with Crippen molar-refractivity contribution in [3.05, 3.63) is 23.9 Å². The second-order valence-corrected chi connectivity index (χ2v) is 12.3. The largest absolute Gasteiger partial charge is 0.447 e. The van der Waals surface area contributed by atoms with Gasteiger partial charge in [-0.15, -0.1) is 0 Å². The fourth-order valence-corrected chi connectivity index (χ4v) is 6.43. The van der Waals surface area contributed by atoms with Gasteiger partial charge in [-0.05, 0) is 64.1 Å². The van der Waals surface area contributed by atoms with Crippen molar-refractivity contribution in [2.24, 2.45) is 5.41 Å². The Hall–Kier alpha value is -1.87. The van der Waals surface area contributed by atoms with Crippen LogP contribution in [-0.2, 0) is 20.2 Å². The summed E-state index contributed by atoms with van der Waals surface area (Å²) in [7, 11) is -3.34. The molecule has 4 rings (SSSR count). The fraction of sp³-hybridized carbons (Fsp3) is 0.739. The molecule has 9 heteroatoms. The van der Waals surface area contributed by atoms with Gasteiger partial charge in [0.15, 0.2) is 0 Å². The van der Waals surface area contributed by atoms with E-state index in [0.29, 0.717) is 12.4 Å². The van der Waals surface area contributed by atoms with E-state index in [1.165, 1.54) is 10.6 Å². The molecule has 32 heavy (non-hydrogen) atoms. The summed E-state index contributed by atoms with van der Waals surface area (Å²) in [4.78, 5) is 21.0. The van der Waals surface area contributed by atoms with Gasteiger partial charge in [0.2, 0.25) is 10.0 Å². The van der Waals surface area contributed by atoms with Crippen LogP contribution in [0, 0.1) is 5.41 Å². The van der Waals surface area contributed by atoms with E-state index in [2.05, 4.69) is 22.9 Å². The fourth-order valence-electron chi connectivity index (χ4n) is 5.49. The van der Waals surface area contributed by atoms with Gasteiger partial charge in [0.1, 0.15) is 5.82 Å². The second kappa shape index (κ2) is 8.48. The number of likely N-dealkylation sites (tertiary alicyclic amines) is 2. The molecule has 3 aliphatic heterocycles. The Morgan fingerprint density at radius 2 is 1.81 bits per heavy atom. The summed E-state index contributed by atoms with van der Waals surface area (Å²) in [5, 5.41) is 0. The van der Waals surface area contributed by atoms with Gasteiger partial charge in [0, 0.05) is 43.4 Å². The molecule has 8 nitrogen and oxygen atoms in total. The number of hydrogen-bond acceptors (Lipinski definition) is 6. The summed E-state index contributed by atoms with van der Waals surface area (Å²) in [6.07, 6.45) is 6.45. The van der Waals surface area contributed by atoms with Gasteiger partial charge >= 0.3 is 6.09 Å². The summed E-state index contributed by atoms with van der Waals surface area (Å²) < 4.78 is 31.6. The molecular formula is C23H36N4O4S. The van der Waals surface area contributed by atoms with Crippen molar-refractivity contribution in [2.75, 3.05) is 49.8 Å². The highest BCUT2D eigenvalue weighted by molar-refractivity contribution is 7.92. The Labute approximate surface area is 192 Å². The van der Waals surface area contributed by atoms with Crippen LogP contribution in [0.4, 0.5) is 10.6 Å². The number of pyridine rings is 1. The van der Waals surface area contributed by atoms with E-state index in [1.54, 1.807) is 6.20 Å². The van der Waals surface area contributed by atoms with E-state index in [1.807, 2.05) is 24.8 Å². The highest BCUT2D eigenvalue weighted by atomic mass is 32.2. The molecule has 1 spiro atoms. The number of carbonyl (C=O) groups excluding carboxylic acids is 1. The molecule has 1 amide bonds. The van der Waals surface area contributed by atoms with Crippen molar-refractivity contribution in [2.45, 2.75) is 58.0 Å². The lowest BCUT2D eigenvalue weighted by Gasteiger charge is -2.45. The second-order valence-electron chi connectivity index (χ2n) is 10.4. The smallest absolute Gasteiger partial charge is 0.410 e. The molecule has 0 bridgehead atoms. The van der Waals surface area contributed by atoms with E-state index in [0.717, 1.165) is 64.0 Å². The van der Waals surface area contributed by atoms with Gasteiger partial charge in [-0.25, -0.2) is 18.2 Å². The van der Waals surface area contributed by atoms with E-state index in [-0.39, 0.29) is 23.0 Å². The molecule has 178 valence electrons. The minimum Gasteiger partial charge on any atom is -0.447 e. The lowest BCUT2D eigenvalue weighted by molar-refractivity contribution is 0.0347. The zero-order valence-electron chi connectivity index (χ0n) is 19.7. The maximum absolute atomic E-state index is 12.4. The molecule has 0 aliphatic carbocycles. The number of carbonyl (C=O) groups is 1. The first-order valence-electron chi connectivity index (χ1n) is 11.6. The van der Waals surface area contributed by atoms with Crippen molar-refractivity contribution < 1.29 is 17.9 Å². The third kappa shape index (κ3) is 4.59. The molecule has 2 fully saturated rings. The van der Waals surface area contributed by atoms with Gasteiger partial charge in [-0.3, -0.25) is 4.31 Å². The van der Waals surface area contributed by atoms with Crippen molar-refractivity contribution in [1.29, 1.82) is 0 Å². The summed E-state index contributed by atoms with van der Waals surface area (Å²) in [5.74, 6) is 0.607. The van der Waals surface area contributed by atoms with Crippen LogP contribution in [0.3, 0.4) is 0 Å².